The number of aromatic nitrogens is 3. The maximum Gasteiger partial charge on any atom is 0.206 e. The SMILES string of the molecule is Cc1ccc(-n2c3ccccc3c3c2c2c4ccccc4n(-c4ccc(C)cc4)c2c2c4cc(-c5ccc(S(=O)(=O)c6ccccc6)cc5)ccc4n(-c4ccc(C)cc4)c32)cc1. The van der Waals surface area contributed by atoms with Crippen LogP contribution in [0.3, 0.4) is 0 Å². The fraction of sp³-hybridized carbons (Fsp3) is 0.0526. The minimum Gasteiger partial charge on any atom is -0.308 e. The van der Waals surface area contributed by atoms with Crippen molar-refractivity contribution >= 4 is 75.3 Å². The standard InChI is InChI=1S/C57H41N3O2S/c1-36-17-26-41(27-18-36)58-49-15-9-7-13-46(49)53-55(58)52-47-14-8-10-16-50(47)59(42-28-19-37(2)20-29-42)56(52)54-48-35-40(25-34-51(48)60(57(53)54)43-30-21-38(3)22-31-43)39-23-32-45(33-24-39)63(61,62)44-11-5-4-6-12-44/h4-35H,1-3H3. The second-order valence-electron chi connectivity index (χ2n) is 16.8. The Morgan fingerprint density at radius 1 is 0.333 bits per heavy atom. The van der Waals surface area contributed by atoms with Gasteiger partial charge in [-0.2, -0.15) is 0 Å². The summed E-state index contributed by atoms with van der Waals surface area (Å²) in [5, 5.41) is 7.00. The first-order valence-corrected chi connectivity index (χ1v) is 22.8. The van der Waals surface area contributed by atoms with E-state index < -0.39 is 9.84 Å². The predicted molar refractivity (Wildman–Crippen MR) is 261 cm³/mol. The van der Waals surface area contributed by atoms with Crippen LogP contribution >= 0.6 is 0 Å². The van der Waals surface area contributed by atoms with Crippen LogP contribution < -0.4 is 0 Å². The van der Waals surface area contributed by atoms with E-state index >= 15 is 0 Å². The number of benzene rings is 9. The van der Waals surface area contributed by atoms with E-state index in [2.05, 4.69) is 174 Å². The zero-order valence-corrected chi connectivity index (χ0v) is 35.9. The first-order chi connectivity index (χ1) is 30.8. The van der Waals surface area contributed by atoms with E-state index in [1.54, 1.807) is 36.4 Å². The van der Waals surface area contributed by atoms with Gasteiger partial charge in [-0.05, 0) is 117 Å². The topological polar surface area (TPSA) is 48.9 Å². The molecule has 0 aliphatic carbocycles. The van der Waals surface area contributed by atoms with Crippen molar-refractivity contribution in [3.8, 4) is 28.2 Å². The van der Waals surface area contributed by atoms with Crippen LogP contribution in [0.2, 0.25) is 0 Å². The molecule has 0 atom stereocenters. The van der Waals surface area contributed by atoms with Crippen LogP contribution in [0.4, 0.5) is 0 Å². The number of rotatable bonds is 6. The lowest BCUT2D eigenvalue weighted by Gasteiger charge is -2.14. The largest absolute Gasteiger partial charge is 0.308 e. The number of hydrogen-bond donors (Lipinski definition) is 0. The Kier molecular flexibility index (Phi) is 8.21. The van der Waals surface area contributed by atoms with Crippen molar-refractivity contribution in [1.29, 1.82) is 0 Å². The highest BCUT2D eigenvalue weighted by Crippen LogP contribution is 2.50. The quantitative estimate of drug-likeness (QED) is 0.168. The average molecular weight is 832 g/mol. The highest BCUT2D eigenvalue weighted by Gasteiger charge is 2.29. The van der Waals surface area contributed by atoms with E-state index in [1.165, 1.54) is 38.2 Å². The zero-order chi connectivity index (χ0) is 42.6. The van der Waals surface area contributed by atoms with Gasteiger partial charge in [0.2, 0.25) is 9.84 Å². The van der Waals surface area contributed by atoms with E-state index in [-0.39, 0.29) is 9.79 Å². The molecule has 0 aliphatic heterocycles. The van der Waals surface area contributed by atoms with Crippen LogP contribution in [-0.2, 0) is 9.84 Å². The summed E-state index contributed by atoms with van der Waals surface area (Å²) in [6.07, 6.45) is 0. The van der Waals surface area contributed by atoms with Gasteiger partial charge in [-0.1, -0.05) is 126 Å². The second kappa shape index (κ2) is 13.9. The molecular formula is C57H41N3O2S. The molecule has 0 fully saturated rings. The molecule has 0 amide bonds. The van der Waals surface area contributed by atoms with Crippen molar-refractivity contribution in [2.45, 2.75) is 30.6 Å². The maximum absolute atomic E-state index is 13.6. The molecule has 0 unspecified atom stereocenters. The molecule has 3 heterocycles. The Morgan fingerprint density at radius 3 is 1.16 bits per heavy atom. The lowest BCUT2D eigenvalue weighted by molar-refractivity contribution is 0.596. The van der Waals surface area contributed by atoms with Gasteiger partial charge in [0.15, 0.2) is 0 Å². The number of hydrogen-bond acceptors (Lipinski definition) is 2. The van der Waals surface area contributed by atoms with Gasteiger partial charge in [-0.3, -0.25) is 0 Å². The van der Waals surface area contributed by atoms with E-state index in [0.717, 1.165) is 72.1 Å². The van der Waals surface area contributed by atoms with Gasteiger partial charge in [0, 0.05) is 49.4 Å². The first-order valence-electron chi connectivity index (χ1n) is 21.3. The van der Waals surface area contributed by atoms with Gasteiger partial charge >= 0.3 is 0 Å². The molecule has 12 aromatic rings. The Balaban J connectivity index is 1.29. The molecule has 302 valence electrons. The van der Waals surface area contributed by atoms with E-state index in [4.69, 9.17) is 0 Å². The van der Waals surface area contributed by atoms with Crippen LogP contribution in [0.25, 0.3) is 93.6 Å². The maximum atomic E-state index is 13.6. The zero-order valence-electron chi connectivity index (χ0n) is 35.0. The van der Waals surface area contributed by atoms with Crippen LogP contribution in [0.1, 0.15) is 16.7 Å². The van der Waals surface area contributed by atoms with Gasteiger partial charge in [-0.25, -0.2) is 8.42 Å². The molecule has 9 aromatic carbocycles. The van der Waals surface area contributed by atoms with E-state index in [1.807, 2.05) is 18.2 Å². The molecule has 0 saturated heterocycles. The average Bonchev–Trinajstić information content (AvgIpc) is 3.96. The molecule has 0 aliphatic rings. The van der Waals surface area contributed by atoms with Crippen molar-refractivity contribution in [2.24, 2.45) is 0 Å². The fourth-order valence-corrected chi connectivity index (χ4v) is 11.1. The number of sulfone groups is 1. The van der Waals surface area contributed by atoms with Crippen LogP contribution in [0, 0.1) is 20.8 Å². The van der Waals surface area contributed by atoms with Gasteiger partial charge in [-0.15, -0.1) is 0 Å². The van der Waals surface area contributed by atoms with E-state index in [9.17, 15) is 8.42 Å². The summed E-state index contributed by atoms with van der Waals surface area (Å²) in [5.74, 6) is 0. The summed E-state index contributed by atoms with van der Waals surface area (Å²) in [5.41, 5.74) is 15.6. The summed E-state index contributed by atoms with van der Waals surface area (Å²) < 4.78 is 34.7. The summed E-state index contributed by atoms with van der Waals surface area (Å²) in [6, 6.07) is 67.0. The van der Waals surface area contributed by atoms with Crippen LogP contribution in [-0.4, -0.2) is 22.1 Å². The van der Waals surface area contributed by atoms with Crippen molar-refractivity contribution in [3.63, 3.8) is 0 Å². The van der Waals surface area contributed by atoms with Gasteiger partial charge in [0.25, 0.3) is 0 Å². The Labute approximate surface area is 365 Å². The smallest absolute Gasteiger partial charge is 0.206 e. The molecule has 0 N–H and O–H groups in total. The molecule has 0 spiro atoms. The summed E-state index contributed by atoms with van der Waals surface area (Å²) in [6.45, 7) is 6.41. The first kappa shape index (κ1) is 37.1. The van der Waals surface area contributed by atoms with Crippen molar-refractivity contribution in [3.05, 3.63) is 211 Å². The van der Waals surface area contributed by atoms with Crippen LogP contribution in [0.15, 0.2) is 204 Å². The number of aryl methyl sites for hydroxylation is 3. The molecule has 3 aromatic heterocycles. The molecule has 6 heteroatoms. The Hall–Kier alpha value is -7.67. The van der Waals surface area contributed by atoms with Crippen molar-refractivity contribution < 1.29 is 8.42 Å². The van der Waals surface area contributed by atoms with Crippen LogP contribution in [0.5, 0.6) is 0 Å². The van der Waals surface area contributed by atoms with Gasteiger partial charge in [0.1, 0.15) is 0 Å². The molecule has 12 rings (SSSR count). The molecule has 5 nitrogen and oxygen atoms in total. The molecular weight excluding hydrogens is 791 g/mol. The lowest BCUT2D eigenvalue weighted by Crippen LogP contribution is -2.01. The summed E-state index contributed by atoms with van der Waals surface area (Å²) >= 11 is 0. The number of fused-ring (bicyclic) bond motifs is 12. The highest BCUT2D eigenvalue weighted by molar-refractivity contribution is 7.91. The molecule has 0 bridgehead atoms. The third kappa shape index (κ3) is 5.58. The minimum atomic E-state index is -3.67. The van der Waals surface area contributed by atoms with Gasteiger partial charge < -0.3 is 13.7 Å². The fourth-order valence-electron chi connectivity index (χ4n) is 9.83. The van der Waals surface area contributed by atoms with E-state index in [0.29, 0.717) is 0 Å². The number of nitrogens with zero attached hydrogens (tertiary/aromatic N) is 3. The molecule has 0 radical (unpaired) electrons. The summed E-state index contributed by atoms with van der Waals surface area (Å²) in [7, 11) is -3.67. The van der Waals surface area contributed by atoms with Crippen molar-refractivity contribution in [2.75, 3.05) is 0 Å². The monoisotopic (exact) mass is 831 g/mol. The molecule has 0 saturated carbocycles. The van der Waals surface area contributed by atoms with Crippen molar-refractivity contribution in [1.82, 2.24) is 13.7 Å². The Bertz CT molecular complexity index is 3850. The van der Waals surface area contributed by atoms with Gasteiger partial charge in [0.05, 0.1) is 42.9 Å². The normalized spacial score (nSPS) is 12.2. The lowest BCUT2D eigenvalue weighted by atomic mass is 9.99. The molecule has 63 heavy (non-hydrogen) atoms. The number of para-hydroxylation sites is 2. The Morgan fingerprint density at radius 2 is 0.698 bits per heavy atom. The minimum absolute atomic E-state index is 0.270. The second-order valence-corrected chi connectivity index (χ2v) is 18.7. The third-order valence-electron chi connectivity index (χ3n) is 12.9. The summed E-state index contributed by atoms with van der Waals surface area (Å²) in [4.78, 5) is 0.553. The predicted octanol–water partition coefficient (Wildman–Crippen LogP) is 14.4. The third-order valence-corrected chi connectivity index (χ3v) is 14.6. The highest BCUT2D eigenvalue weighted by atomic mass is 32.2.